The Hall–Kier alpha value is -4.90. The molecule has 9 nitrogen and oxygen atoms in total. The zero-order valence-electron chi connectivity index (χ0n) is 29.0. The average Bonchev–Trinajstić information content (AvgIpc) is 3.04. The van der Waals surface area contributed by atoms with Crippen LogP contribution in [0, 0.1) is 19.7 Å². The van der Waals surface area contributed by atoms with Gasteiger partial charge in [0.2, 0.25) is 11.8 Å². The number of benzene rings is 4. The van der Waals surface area contributed by atoms with Gasteiger partial charge < -0.3 is 19.7 Å². The van der Waals surface area contributed by atoms with Gasteiger partial charge >= 0.3 is 0 Å². The Bertz CT molecular complexity index is 1870. The van der Waals surface area contributed by atoms with Crippen molar-refractivity contribution in [2.75, 3.05) is 25.1 Å². The Labute approximate surface area is 288 Å². The smallest absolute Gasteiger partial charge is 0.264 e. The van der Waals surface area contributed by atoms with Gasteiger partial charge in [-0.2, -0.15) is 0 Å². The van der Waals surface area contributed by atoms with Crippen LogP contribution >= 0.6 is 0 Å². The molecule has 0 aliphatic heterocycles. The van der Waals surface area contributed by atoms with Crippen molar-refractivity contribution in [2.45, 2.75) is 64.1 Å². The van der Waals surface area contributed by atoms with Crippen LogP contribution in [0.15, 0.2) is 95.9 Å². The van der Waals surface area contributed by atoms with Crippen LogP contribution in [0.25, 0.3) is 0 Å². The SMILES string of the molecule is COc1ccc(S(=O)(=O)N(CC(=O)N(Cc2ccccc2F)C(Cc2ccccc2)C(=O)NC(C)(C)C)c2cc(C)cc(C)c2)cc1OC. The fraction of sp³-hybridized carbons (Fsp3) is 0.316. The molecule has 0 saturated carbocycles. The summed E-state index contributed by atoms with van der Waals surface area (Å²) in [6, 6.07) is 23.5. The first-order valence-electron chi connectivity index (χ1n) is 15.8. The van der Waals surface area contributed by atoms with Gasteiger partial charge in [-0.15, -0.1) is 0 Å². The van der Waals surface area contributed by atoms with Gasteiger partial charge in [0.25, 0.3) is 10.0 Å². The molecule has 0 heterocycles. The van der Waals surface area contributed by atoms with Gasteiger partial charge in [0.1, 0.15) is 18.4 Å². The lowest BCUT2D eigenvalue weighted by atomic mass is 10.0. The van der Waals surface area contributed by atoms with Crippen molar-refractivity contribution >= 4 is 27.5 Å². The molecule has 1 atom stereocenters. The van der Waals surface area contributed by atoms with E-state index >= 15 is 4.39 Å². The third kappa shape index (κ3) is 9.38. The standard InChI is InChI=1S/C38H44FN3O6S/c1-26-19-27(2)21-30(20-26)42(49(45,46)31-17-18-34(47-6)35(23-31)48-7)25-36(43)41(24-29-15-11-12-16-32(29)39)33(37(44)40-38(3,4)5)22-28-13-9-8-10-14-28/h8-21,23,33H,22,24-25H2,1-7H3,(H,40,44). The maximum absolute atomic E-state index is 15.2. The van der Waals surface area contributed by atoms with E-state index in [4.69, 9.17) is 9.47 Å². The third-order valence-corrected chi connectivity index (χ3v) is 9.55. The molecule has 0 fully saturated rings. The molecule has 0 saturated heterocycles. The van der Waals surface area contributed by atoms with Crippen LogP contribution in [0.5, 0.6) is 11.5 Å². The van der Waals surface area contributed by atoms with Gasteiger partial charge in [-0.1, -0.05) is 54.6 Å². The number of anilines is 1. The van der Waals surface area contributed by atoms with Crippen molar-refractivity contribution in [3.05, 3.63) is 119 Å². The number of ether oxygens (including phenoxy) is 2. The number of carbonyl (C=O) groups is 2. The largest absolute Gasteiger partial charge is 0.493 e. The van der Waals surface area contributed by atoms with Gasteiger partial charge in [-0.05, 0) is 81.6 Å². The molecule has 0 aliphatic carbocycles. The highest BCUT2D eigenvalue weighted by Gasteiger charge is 2.36. The molecule has 0 bridgehead atoms. The van der Waals surface area contributed by atoms with E-state index in [-0.39, 0.29) is 34.9 Å². The van der Waals surface area contributed by atoms with Crippen LogP contribution in [-0.4, -0.2) is 57.5 Å². The number of amides is 2. The van der Waals surface area contributed by atoms with Crippen molar-refractivity contribution in [2.24, 2.45) is 0 Å². The summed E-state index contributed by atoms with van der Waals surface area (Å²) >= 11 is 0. The molecule has 260 valence electrons. The van der Waals surface area contributed by atoms with Gasteiger partial charge in [-0.25, -0.2) is 12.8 Å². The van der Waals surface area contributed by atoms with Gasteiger partial charge in [-0.3, -0.25) is 13.9 Å². The molecule has 0 radical (unpaired) electrons. The number of nitrogens with one attached hydrogen (secondary N) is 1. The van der Waals surface area contributed by atoms with Crippen molar-refractivity contribution < 1.29 is 31.9 Å². The number of aryl methyl sites for hydroxylation is 2. The zero-order chi connectivity index (χ0) is 35.9. The highest BCUT2D eigenvalue weighted by molar-refractivity contribution is 7.92. The molecule has 4 rings (SSSR count). The molecule has 4 aromatic carbocycles. The molecule has 0 aromatic heterocycles. The number of hydrogen-bond donors (Lipinski definition) is 1. The van der Waals surface area contributed by atoms with E-state index in [2.05, 4.69) is 5.32 Å². The van der Waals surface area contributed by atoms with Crippen LogP contribution in [-0.2, 0) is 32.6 Å². The second kappa shape index (κ2) is 15.5. The fourth-order valence-corrected chi connectivity index (χ4v) is 6.96. The molecule has 49 heavy (non-hydrogen) atoms. The highest BCUT2D eigenvalue weighted by Crippen LogP contribution is 2.33. The summed E-state index contributed by atoms with van der Waals surface area (Å²) < 4.78 is 55.9. The minimum atomic E-state index is -4.41. The molecule has 1 unspecified atom stereocenters. The van der Waals surface area contributed by atoms with Crippen molar-refractivity contribution in [3.8, 4) is 11.5 Å². The molecule has 2 amide bonds. The monoisotopic (exact) mass is 689 g/mol. The number of nitrogens with zero attached hydrogens (tertiary/aromatic N) is 2. The van der Waals surface area contributed by atoms with Gasteiger partial charge in [0.15, 0.2) is 11.5 Å². The third-order valence-electron chi connectivity index (χ3n) is 7.78. The Morgan fingerprint density at radius 3 is 2.04 bits per heavy atom. The second-order valence-electron chi connectivity index (χ2n) is 12.9. The molecule has 1 N–H and O–H groups in total. The van der Waals surface area contributed by atoms with Crippen molar-refractivity contribution in [1.29, 1.82) is 0 Å². The first-order chi connectivity index (χ1) is 23.1. The minimum absolute atomic E-state index is 0.106. The van der Waals surface area contributed by atoms with Crippen molar-refractivity contribution in [1.82, 2.24) is 10.2 Å². The van der Waals surface area contributed by atoms with Gasteiger partial charge in [0, 0.05) is 30.1 Å². The number of methoxy groups -OCH3 is 2. The summed E-state index contributed by atoms with van der Waals surface area (Å²) in [6.07, 6.45) is 0.106. The van der Waals surface area contributed by atoms with E-state index in [9.17, 15) is 18.0 Å². The van der Waals surface area contributed by atoms with E-state index in [1.807, 2.05) is 71.0 Å². The average molecular weight is 690 g/mol. The maximum Gasteiger partial charge on any atom is 0.264 e. The fourth-order valence-electron chi connectivity index (χ4n) is 5.54. The molecular formula is C38H44FN3O6S. The van der Waals surface area contributed by atoms with Crippen molar-refractivity contribution in [3.63, 3.8) is 0 Å². The summed E-state index contributed by atoms with van der Waals surface area (Å²) in [5.41, 5.74) is 2.12. The second-order valence-corrected chi connectivity index (χ2v) is 14.8. The van der Waals surface area contributed by atoms with Crippen LogP contribution in [0.1, 0.15) is 43.0 Å². The molecule has 4 aromatic rings. The van der Waals surface area contributed by atoms with E-state index < -0.39 is 45.8 Å². The highest BCUT2D eigenvalue weighted by atomic mass is 32.2. The lowest BCUT2D eigenvalue weighted by Crippen LogP contribution is -2.56. The quantitative estimate of drug-likeness (QED) is 0.179. The predicted molar refractivity (Wildman–Crippen MR) is 189 cm³/mol. The van der Waals surface area contributed by atoms with E-state index in [0.717, 1.165) is 21.0 Å². The Kier molecular flexibility index (Phi) is 11.7. The first kappa shape index (κ1) is 36.9. The molecule has 0 aliphatic rings. The minimum Gasteiger partial charge on any atom is -0.493 e. The topological polar surface area (TPSA) is 105 Å². The lowest BCUT2D eigenvalue weighted by Gasteiger charge is -2.35. The van der Waals surface area contributed by atoms with E-state index in [1.54, 1.807) is 24.3 Å². The Balaban J connectivity index is 1.88. The number of rotatable bonds is 13. The summed E-state index contributed by atoms with van der Waals surface area (Å²) in [4.78, 5) is 29.8. The number of halogens is 1. The zero-order valence-corrected chi connectivity index (χ0v) is 29.8. The summed E-state index contributed by atoms with van der Waals surface area (Å²) in [7, 11) is -1.57. The molecular weight excluding hydrogens is 645 g/mol. The Morgan fingerprint density at radius 1 is 0.837 bits per heavy atom. The van der Waals surface area contributed by atoms with Crippen LogP contribution in [0.2, 0.25) is 0 Å². The normalized spacial score (nSPS) is 12.2. The molecule has 0 spiro atoms. The lowest BCUT2D eigenvalue weighted by molar-refractivity contribution is -0.140. The summed E-state index contributed by atoms with van der Waals surface area (Å²) in [5, 5.41) is 2.97. The number of hydrogen-bond acceptors (Lipinski definition) is 6. The predicted octanol–water partition coefficient (Wildman–Crippen LogP) is 6.21. The van der Waals surface area contributed by atoms with E-state index in [0.29, 0.717) is 5.75 Å². The first-order valence-corrected chi connectivity index (χ1v) is 17.3. The summed E-state index contributed by atoms with van der Waals surface area (Å²) in [6.45, 7) is 8.17. The number of sulfonamides is 1. The van der Waals surface area contributed by atoms with Gasteiger partial charge in [0.05, 0.1) is 24.8 Å². The summed E-state index contributed by atoms with van der Waals surface area (Å²) in [5.74, 6) is -1.18. The maximum atomic E-state index is 15.2. The molecule has 11 heteroatoms. The van der Waals surface area contributed by atoms with Crippen LogP contribution in [0.3, 0.4) is 0 Å². The van der Waals surface area contributed by atoms with E-state index in [1.165, 1.54) is 49.5 Å². The van der Waals surface area contributed by atoms with Crippen LogP contribution in [0.4, 0.5) is 10.1 Å². The Morgan fingerprint density at radius 2 is 1.45 bits per heavy atom. The van der Waals surface area contributed by atoms with Crippen LogP contribution < -0.4 is 19.1 Å². The number of carbonyl (C=O) groups excluding carboxylic acids is 2.